The highest BCUT2D eigenvalue weighted by molar-refractivity contribution is 6.31. The first-order valence-corrected chi connectivity index (χ1v) is 18.7. The number of carbonyl (C=O) groups is 2. The molecule has 0 saturated heterocycles. The number of rotatable bonds is 16. The van der Waals surface area contributed by atoms with Crippen molar-refractivity contribution < 1.29 is 28.2 Å². The third kappa shape index (κ3) is 11.2. The van der Waals surface area contributed by atoms with Crippen molar-refractivity contribution in [2.45, 2.75) is 65.2 Å². The molecule has 11 heteroatoms. The number of amides is 2. The summed E-state index contributed by atoms with van der Waals surface area (Å²) in [6, 6.07) is 25.1. The van der Waals surface area contributed by atoms with Crippen LogP contribution < -0.4 is 25.0 Å². The summed E-state index contributed by atoms with van der Waals surface area (Å²) in [6.45, 7) is 8.54. The average Bonchev–Trinajstić information content (AvgIpc) is 3.22. The maximum absolute atomic E-state index is 14.3. The highest BCUT2D eigenvalue weighted by Crippen LogP contribution is 2.45. The highest BCUT2D eigenvalue weighted by atomic mass is 35.5. The fraction of sp³-hybridized carbons (Fsp3) is 0.381. The first-order chi connectivity index (χ1) is 25.4. The largest absolute Gasteiger partial charge is 0.492 e. The summed E-state index contributed by atoms with van der Waals surface area (Å²) in [7, 11) is 1.56. The van der Waals surface area contributed by atoms with Crippen molar-refractivity contribution >= 4 is 40.7 Å². The SMILES string of the molecule is COc1c(OCCCNCCCc2cccc(Cl)c2)cccc1[C@@H]1O[C@@H](CC(=O)NCc2ccccc2F)C(=O)N(CC(C)(C)C)c2ccc(Cl)cc21. The van der Waals surface area contributed by atoms with Crippen LogP contribution in [0.3, 0.4) is 0 Å². The van der Waals surface area contributed by atoms with Crippen LogP contribution in [0, 0.1) is 11.2 Å². The Kier molecular flexibility index (Phi) is 14.2. The topological polar surface area (TPSA) is 89.1 Å². The van der Waals surface area contributed by atoms with Gasteiger partial charge in [0.15, 0.2) is 11.5 Å². The van der Waals surface area contributed by atoms with Gasteiger partial charge < -0.3 is 29.7 Å². The van der Waals surface area contributed by atoms with Gasteiger partial charge in [-0.25, -0.2) is 4.39 Å². The summed E-state index contributed by atoms with van der Waals surface area (Å²) in [4.78, 5) is 29.4. The first kappa shape index (κ1) is 40.0. The predicted molar refractivity (Wildman–Crippen MR) is 209 cm³/mol. The van der Waals surface area contributed by atoms with E-state index in [0.717, 1.165) is 37.4 Å². The van der Waals surface area contributed by atoms with Gasteiger partial charge in [-0.2, -0.15) is 0 Å². The van der Waals surface area contributed by atoms with Gasteiger partial charge in [-0.15, -0.1) is 0 Å². The Balaban J connectivity index is 1.33. The molecule has 0 bridgehead atoms. The second-order valence-corrected chi connectivity index (χ2v) is 15.2. The number of nitrogens with one attached hydrogen (secondary N) is 2. The Morgan fingerprint density at radius 3 is 2.43 bits per heavy atom. The molecule has 4 aromatic rings. The van der Waals surface area contributed by atoms with E-state index in [-0.39, 0.29) is 24.3 Å². The second kappa shape index (κ2) is 18.7. The number of nitrogens with zero attached hydrogens (tertiary/aromatic N) is 1. The van der Waals surface area contributed by atoms with Gasteiger partial charge >= 0.3 is 0 Å². The number of ether oxygens (including phenoxy) is 3. The van der Waals surface area contributed by atoms with Crippen LogP contribution in [-0.4, -0.2) is 51.3 Å². The number of benzene rings is 4. The summed E-state index contributed by atoms with van der Waals surface area (Å²) in [5.41, 5.74) is 3.17. The standard InChI is InChI=1S/C42H48Cl2FN3O5/c1-42(2,3)27-48-35-19-18-31(44)24-33(35)39(53-37(41(48)50)25-38(49)47-26-29-13-5-6-16-34(29)45)32-15-8-17-36(40(32)51-4)52-22-10-21-46-20-9-12-28-11-7-14-30(43)23-28/h5-8,11,13-19,23-24,37,39,46H,9-10,12,20-22,25-27H2,1-4H3,(H,47,49)/t37-,39-/m0/s1. The van der Waals surface area contributed by atoms with Gasteiger partial charge in [0.2, 0.25) is 5.91 Å². The summed E-state index contributed by atoms with van der Waals surface area (Å²) < 4.78 is 33.2. The van der Waals surface area contributed by atoms with Crippen LogP contribution in [0.1, 0.15) is 68.4 Å². The number of halogens is 3. The van der Waals surface area contributed by atoms with Crippen LogP contribution in [0.2, 0.25) is 10.0 Å². The molecule has 0 fully saturated rings. The van der Waals surface area contributed by atoms with E-state index in [9.17, 15) is 14.0 Å². The summed E-state index contributed by atoms with van der Waals surface area (Å²) in [5, 5.41) is 7.45. The Hall–Kier alpha value is -4.15. The molecule has 0 spiro atoms. The molecular formula is C42H48Cl2FN3O5. The molecule has 0 unspecified atom stereocenters. The van der Waals surface area contributed by atoms with E-state index in [1.807, 2.05) is 63.2 Å². The van der Waals surface area contributed by atoms with E-state index in [1.54, 1.807) is 42.3 Å². The fourth-order valence-corrected chi connectivity index (χ4v) is 6.74. The molecule has 0 aromatic heterocycles. The fourth-order valence-electron chi connectivity index (χ4n) is 6.34. The van der Waals surface area contributed by atoms with E-state index < -0.39 is 23.9 Å². The number of anilines is 1. The van der Waals surface area contributed by atoms with Crippen molar-refractivity contribution in [3.63, 3.8) is 0 Å². The Bertz CT molecular complexity index is 1870. The second-order valence-electron chi connectivity index (χ2n) is 14.3. The van der Waals surface area contributed by atoms with Crippen LogP contribution >= 0.6 is 23.2 Å². The quantitative estimate of drug-likeness (QED) is 0.111. The van der Waals surface area contributed by atoms with Crippen molar-refractivity contribution in [3.05, 3.63) is 123 Å². The van der Waals surface area contributed by atoms with E-state index in [1.165, 1.54) is 11.6 Å². The van der Waals surface area contributed by atoms with Gasteiger partial charge in [-0.1, -0.05) is 86.4 Å². The number of carbonyl (C=O) groups excluding carboxylic acids is 2. The number of aryl methyl sites for hydroxylation is 1. The van der Waals surface area contributed by atoms with Crippen molar-refractivity contribution in [2.24, 2.45) is 5.41 Å². The molecule has 53 heavy (non-hydrogen) atoms. The van der Waals surface area contributed by atoms with Gasteiger partial charge in [0, 0.05) is 45.5 Å². The predicted octanol–water partition coefficient (Wildman–Crippen LogP) is 8.71. The molecule has 2 amide bonds. The van der Waals surface area contributed by atoms with Crippen LogP contribution in [-0.2, 0) is 27.3 Å². The molecular weight excluding hydrogens is 716 g/mol. The molecule has 0 radical (unpaired) electrons. The maximum atomic E-state index is 14.3. The summed E-state index contributed by atoms with van der Waals surface area (Å²) >= 11 is 12.7. The van der Waals surface area contributed by atoms with Crippen LogP contribution in [0.4, 0.5) is 10.1 Å². The van der Waals surface area contributed by atoms with Crippen LogP contribution in [0.25, 0.3) is 0 Å². The smallest absolute Gasteiger partial charge is 0.256 e. The van der Waals surface area contributed by atoms with Gasteiger partial charge in [0.25, 0.3) is 5.91 Å². The first-order valence-electron chi connectivity index (χ1n) is 17.9. The lowest BCUT2D eigenvalue weighted by atomic mass is 9.94. The third-order valence-corrected chi connectivity index (χ3v) is 9.27. The molecule has 0 aliphatic carbocycles. The molecule has 4 aromatic carbocycles. The number of para-hydroxylation sites is 1. The zero-order valence-corrected chi connectivity index (χ0v) is 32.2. The number of hydrogen-bond acceptors (Lipinski definition) is 6. The van der Waals surface area contributed by atoms with E-state index in [0.29, 0.717) is 52.1 Å². The van der Waals surface area contributed by atoms with Crippen molar-refractivity contribution in [1.29, 1.82) is 0 Å². The molecule has 5 rings (SSSR count). The van der Waals surface area contributed by atoms with E-state index >= 15 is 0 Å². The lowest BCUT2D eigenvalue weighted by Gasteiger charge is -2.31. The van der Waals surface area contributed by atoms with Gasteiger partial charge in [-0.05, 0) is 85.8 Å². The highest BCUT2D eigenvalue weighted by Gasteiger charge is 2.40. The number of fused-ring (bicyclic) bond motifs is 1. The minimum absolute atomic E-state index is 0.0247. The summed E-state index contributed by atoms with van der Waals surface area (Å²) in [5.74, 6) is -0.254. The zero-order chi connectivity index (χ0) is 38.0. The molecule has 2 atom stereocenters. The zero-order valence-electron chi connectivity index (χ0n) is 30.7. The Morgan fingerprint density at radius 2 is 1.68 bits per heavy atom. The van der Waals surface area contributed by atoms with Gasteiger partial charge in [0.05, 0.1) is 20.1 Å². The number of hydrogen-bond donors (Lipinski definition) is 2. The normalized spacial score (nSPS) is 15.8. The molecule has 0 saturated carbocycles. The number of methoxy groups -OCH3 is 1. The minimum Gasteiger partial charge on any atom is -0.492 e. The molecule has 1 aliphatic rings. The van der Waals surface area contributed by atoms with Crippen molar-refractivity contribution in [2.75, 3.05) is 38.3 Å². The molecule has 8 nitrogen and oxygen atoms in total. The molecule has 1 heterocycles. The molecule has 282 valence electrons. The maximum Gasteiger partial charge on any atom is 0.256 e. The monoisotopic (exact) mass is 763 g/mol. The van der Waals surface area contributed by atoms with Gasteiger partial charge in [0.1, 0.15) is 18.0 Å². The lowest BCUT2D eigenvalue weighted by Crippen LogP contribution is -2.45. The van der Waals surface area contributed by atoms with Crippen molar-refractivity contribution in [3.8, 4) is 11.5 Å². The lowest BCUT2D eigenvalue weighted by molar-refractivity contribution is -0.138. The summed E-state index contributed by atoms with van der Waals surface area (Å²) in [6.07, 6.45) is 0.410. The van der Waals surface area contributed by atoms with Crippen LogP contribution in [0.5, 0.6) is 11.5 Å². The van der Waals surface area contributed by atoms with Crippen LogP contribution in [0.15, 0.2) is 84.9 Å². The molecule has 1 aliphatic heterocycles. The third-order valence-electron chi connectivity index (χ3n) is 8.80. The average molecular weight is 765 g/mol. The Labute approximate surface area is 321 Å². The van der Waals surface area contributed by atoms with E-state index in [2.05, 4.69) is 16.7 Å². The Morgan fingerprint density at radius 1 is 0.925 bits per heavy atom. The van der Waals surface area contributed by atoms with E-state index in [4.69, 9.17) is 37.4 Å². The minimum atomic E-state index is -1.17. The van der Waals surface area contributed by atoms with Gasteiger partial charge in [-0.3, -0.25) is 9.59 Å². The van der Waals surface area contributed by atoms with Crippen molar-refractivity contribution in [1.82, 2.24) is 10.6 Å². The molecule has 2 N–H and O–H groups in total.